The molecule has 4 nitrogen and oxygen atoms in total. The van der Waals surface area contributed by atoms with Crippen LogP contribution in [0.25, 0.3) is 10.9 Å². The molecule has 0 radical (unpaired) electrons. The molecule has 2 aromatic rings. The van der Waals surface area contributed by atoms with E-state index >= 15 is 0 Å². The van der Waals surface area contributed by atoms with Crippen LogP contribution in [0.2, 0.25) is 0 Å². The number of nitrogens with zero attached hydrogens (tertiary/aromatic N) is 1. The molecule has 0 aliphatic carbocycles. The first-order chi connectivity index (χ1) is 11.0. The largest absolute Gasteiger partial charge is 0.497 e. The zero-order chi connectivity index (χ0) is 16.6. The van der Waals surface area contributed by atoms with Crippen molar-refractivity contribution in [3.8, 4) is 5.75 Å². The SMILES string of the molecule is COc1ccc2c(c1)c(C(=O)[C@H](C)[NH+]1CCCCC1)c(C)n2C. The zero-order valence-electron chi connectivity index (χ0n) is 14.6. The van der Waals surface area contributed by atoms with Gasteiger partial charge in [-0.05, 0) is 51.3 Å². The van der Waals surface area contributed by atoms with Crippen LogP contribution in [0.3, 0.4) is 0 Å². The molecule has 1 N–H and O–H groups in total. The molecule has 0 unspecified atom stereocenters. The Bertz CT molecular complexity index is 727. The predicted molar refractivity (Wildman–Crippen MR) is 92.5 cm³/mol. The Morgan fingerprint density at radius 3 is 2.61 bits per heavy atom. The van der Waals surface area contributed by atoms with Crippen LogP contribution in [0.1, 0.15) is 42.2 Å². The van der Waals surface area contributed by atoms with Crippen LogP contribution < -0.4 is 9.64 Å². The molecule has 0 saturated carbocycles. The van der Waals surface area contributed by atoms with Crippen LogP contribution in [0.4, 0.5) is 0 Å². The van der Waals surface area contributed by atoms with Crippen molar-refractivity contribution in [3.05, 3.63) is 29.5 Å². The van der Waals surface area contributed by atoms with Gasteiger partial charge in [0.1, 0.15) is 11.8 Å². The molecule has 0 amide bonds. The van der Waals surface area contributed by atoms with Gasteiger partial charge in [-0.15, -0.1) is 0 Å². The van der Waals surface area contributed by atoms with Crippen molar-refractivity contribution in [1.82, 2.24) is 4.57 Å². The molecule has 0 bridgehead atoms. The number of Topliss-reactive ketones (excluding diaryl/α,β-unsaturated/α-hetero) is 1. The third kappa shape index (κ3) is 2.76. The monoisotopic (exact) mass is 315 g/mol. The van der Waals surface area contributed by atoms with Gasteiger partial charge in [-0.2, -0.15) is 0 Å². The fraction of sp³-hybridized carbons (Fsp3) is 0.526. The molecule has 124 valence electrons. The Balaban J connectivity index is 2.03. The van der Waals surface area contributed by atoms with Crippen LogP contribution in [-0.4, -0.2) is 36.6 Å². The van der Waals surface area contributed by atoms with Gasteiger partial charge in [0.25, 0.3) is 0 Å². The summed E-state index contributed by atoms with van der Waals surface area (Å²) in [4.78, 5) is 14.6. The minimum atomic E-state index is 0.0193. The van der Waals surface area contributed by atoms with E-state index in [1.165, 1.54) is 24.2 Å². The lowest BCUT2D eigenvalue weighted by atomic mass is 9.99. The first-order valence-electron chi connectivity index (χ1n) is 8.56. The Hall–Kier alpha value is -1.81. The van der Waals surface area contributed by atoms with Gasteiger partial charge < -0.3 is 14.2 Å². The van der Waals surface area contributed by atoms with E-state index < -0.39 is 0 Å². The van der Waals surface area contributed by atoms with Crippen molar-refractivity contribution < 1.29 is 14.4 Å². The molecule has 1 aromatic carbocycles. The maximum atomic E-state index is 13.2. The van der Waals surface area contributed by atoms with Crippen molar-refractivity contribution in [1.29, 1.82) is 0 Å². The van der Waals surface area contributed by atoms with Gasteiger partial charge in [-0.1, -0.05) is 0 Å². The highest BCUT2D eigenvalue weighted by atomic mass is 16.5. The molecule has 1 fully saturated rings. The van der Waals surface area contributed by atoms with Crippen molar-refractivity contribution in [2.24, 2.45) is 7.05 Å². The van der Waals surface area contributed by atoms with E-state index in [4.69, 9.17) is 4.74 Å². The number of hydrogen-bond acceptors (Lipinski definition) is 2. The lowest BCUT2D eigenvalue weighted by Gasteiger charge is -2.28. The summed E-state index contributed by atoms with van der Waals surface area (Å²) in [5.74, 6) is 1.06. The lowest BCUT2D eigenvalue weighted by molar-refractivity contribution is -0.918. The van der Waals surface area contributed by atoms with Gasteiger partial charge in [0.2, 0.25) is 5.78 Å². The van der Waals surface area contributed by atoms with Crippen LogP contribution in [-0.2, 0) is 7.05 Å². The summed E-state index contributed by atoms with van der Waals surface area (Å²) in [6.07, 6.45) is 3.76. The summed E-state index contributed by atoms with van der Waals surface area (Å²) >= 11 is 0. The molecule has 1 atom stereocenters. The molecular formula is C19H27N2O2+. The molecule has 0 spiro atoms. The van der Waals surface area contributed by atoms with E-state index in [2.05, 4.69) is 11.5 Å². The molecule has 2 heterocycles. The van der Waals surface area contributed by atoms with Gasteiger partial charge >= 0.3 is 0 Å². The first kappa shape index (κ1) is 16.1. The molecule has 4 heteroatoms. The van der Waals surface area contributed by atoms with Gasteiger partial charge in [0, 0.05) is 23.6 Å². The van der Waals surface area contributed by atoms with Crippen molar-refractivity contribution in [2.45, 2.75) is 39.2 Å². The molecule has 1 aromatic heterocycles. The summed E-state index contributed by atoms with van der Waals surface area (Å²) in [7, 11) is 3.69. The van der Waals surface area contributed by atoms with Crippen LogP contribution in [0, 0.1) is 6.92 Å². The first-order valence-corrected chi connectivity index (χ1v) is 8.56. The summed E-state index contributed by atoms with van der Waals surface area (Å²) in [6.45, 7) is 6.35. The topological polar surface area (TPSA) is 35.7 Å². The van der Waals surface area contributed by atoms with E-state index in [1.54, 1.807) is 7.11 Å². The standard InChI is InChI=1S/C19H26N2O2/c1-13-18(19(22)14(2)21-10-6-5-7-11-21)16-12-15(23-4)8-9-17(16)20(13)3/h8-9,12,14H,5-7,10-11H2,1-4H3/p+1/t14-/m0/s1. The second-order valence-electron chi connectivity index (χ2n) is 6.71. The van der Waals surface area contributed by atoms with E-state index in [1.807, 2.05) is 32.2 Å². The van der Waals surface area contributed by atoms with Crippen molar-refractivity contribution in [3.63, 3.8) is 0 Å². The second kappa shape index (κ2) is 6.36. The number of benzene rings is 1. The van der Waals surface area contributed by atoms with E-state index in [-0.39, 0.29) is 11.8 Å². The Kier molecular flexibility index (Phi) is 4.44. The maximum Gasteiger partial charge on any atom is 0.222 e. The molecular weight excluding hydrogens is 288 g/mol. The Morgan fingerprint density at radius 1 is 1.26 bits per heavy atom. The van der Waals surface area contributed by atoms with E-state index in [9.17, 15) is 4.79 Å². The highest BCUT2D eigenvalue weighted by Crippen LogP contribution is 2.29. The number of ether oxygens (including phenoxy) is 1. The van der Waals surface area contributed by atoms with Gasteiger partial charge in [0.15, 0.2) is 0 Å². The van der Waals surface area contributed by atoms with E-state index in [0.717, 1.165) is 41.0 Å². The lowest BCUT2D eigenvalue weighted by Crippen LogP contribution is -3.17. The fourth-order valence-electron chi connectivity index (χ4n) is 3.83. The smallest absolute Gasteiger partial charge is 0.222 e. The number of likely N-dealkylation sites (tertiary alicyclic amines) is 1. The number of nitrogens with one attached hydrogen (secondary N) is 1. The number of aromatic nitrogens is 1. The zero-order valence-corrected chi connectivity index (χ0v) is 14.6. The Labute approximate surface area is 138 Å². The maximum absolute atomic E-state index is 13.2. The molecule has 1 saturated heterocycles. The molecule has 3 rings (SSSR count). The van der Waals surface area contributed by atoms with Gasteiger partial charge in [-0.25, -0.2) is 0 Å². The number of aryl methyl sites for hydroxylation is 1. The van der Waals surface area contributed by atoms with Gasteiger partial charge in [-0.3, -0.25) is 4.79 Å². The predicted octanol–water partition coefficient (Wildman–Crippen LogP) is 2.14. The number of piperidine rings is 1. The summed E-state index contributed by atoms with van der Waals surface area (Å²) in [5.41, 5.74) is 3.00. The second-order valence-corrected chi connectivity index (χ2v) is 6.71. The minimum Gasteiger partial charge on any atom is -0.497 e. The highest BCUT2D eigenvalue weighted by Gasteiger charge is 2.31. The average molecular weight is 315 g/mol. The Morgan fingerprint density at radius 2 is 1.96 bits per heavy atom. The van der Waals surface area contributed by atoms with Crippen LogP contribution in [0.15, 0.2) is 18.2 Å². The molecule has 23 heavy (non-hydrogen) atoms. The van der Waals surface area contributed by atoms with Crippen LogP contribution >= 0.6 is 0 Å². The number of carbonyl (C=O) groups excluding carboxylic acids is 1. The van der Waals surface area contributed by atoms with Crippen LogP contribution in [0.5, 0.6) is 5.75 Å². The normalized spacial score (nSPS) is 17.4. The number of hydrogen-bond donors (Lipinski definition) is 1. The minimum absolute atomic E-state index is 0.0193. The van der Waals surface area contributed by atoms with Gasteiger partial charge in [0.05, 0.1) is 25.8 Å². The number of fused-ring (bicyclic) bond motifs is 1. The number of ketones is 1. The number of quaternary nitrogens is 1. The fourth-order valence-corrected chi connectivity index (χ4v) is 3.83. The summed E-state index contributed by atoms with van der Waals surface area (Å²) in [5, 5.41) is 1.01. The third-order valence-electron chi connectivity index (χ3n) is 5.45. The number of methoxy groups -OCH3 is 1. The van der Waals surface area contributed by atoms with E-state index in [0.29, 0.717) is 0 Å². The quantitative estimate of drug-likeness (QED) is 0.878. The summed E-state index contributed by atoms with van der Waals surface area (Å²) < 4.78 is 7.47. The van der Waals surface area contributed by atoms with Crippen molar-refractivity contribution in [2.75, 3.05) is 20.2 Å². The van der Waals surface area contributed by atoms with Crippen molar-refractivity contribution >= 4 is 16.7 Å². The third-order valence-corrected chi connectivity index (χ3v) is 5.45. The number of rotatable bonds is 4. The molecule has 1 aliphatic heterocycles. The summed E-state index contributed by atoms with van der Waals surface area (Å²) in [6, 6.07) is 6.00. The number of carbonyl (C=O) groups is 1. The highest BCUT2D eigenvalue weighted by molar-refractivity contribution is 6.11. The molecule has 1 aliphatic rings. The average Bonchev–Trinajstić information content (AvgIpc) is 2.84.